The molecule has 0 radical (unpaired) electrons. The molecule has 20 aromatic rings. The Balaban J connectivity index is 0.732. The molecule has 2 aromatic heterocycles. The van der Waals surface area contributed by atoms with Crippen molar-refractivity contribution in [3.05, 3.63) is 340 Å². The molecular weight excluding hydrogens is 1160 g/mol. The normalized spacial score (nSPS) is 12.0. The van der Waals surface area contributed by atoms with Crippen LogP contribution in [0.15, 0.2) is 349 Å². The van der Waals surface area contributed by atoms with Crippen LogP contribution < -0.4 is 0 Å². The van der Waals surface area contributed by atoms with Crippen molar-refractivity contribution in [2.24, 2.45) is 0 Å². The molecule has 0 amide bonds. The highest BCUT2D eigenvalue weighted by Crippen LogP contribution is 2.52. The zero-order valence-corrected chi connectivity index (χ0v) is 52.1. The number of rotatable bonds is 8. The van der Waals surface area contributed by atoms with Gasteiger partial charge in [-0.05, 0) is 226 Å². The Bertz CT molecular complexity index is 6500. The molecule has 0 fully saturated rings. The number of fused-ring (bicyclic) bond motifs is 14. The van der Waals surface area contributed by atoms with E-state index in [2.05, 4.69) is 340 Å². The Kier molecular flexibility index (Phi) is 12.1. The molecular formula is C94H56O2. The van der Waals surface area contributed by atoms with E-state index < -0.39 is 0 Å². The van der Waals surface area contributed by atoms with E-state index in [9.17, 15) is 0 Å². The standard InChI is InChI=1S/C94H56O2/c1-4-22-57(23-5-1)60-42-45-70-71-47-44-65(56-87(71)95-86(70)54-60)90-75-34-16-14-32-73(75)89(74-33-15-17-35-76(74)90)64-41-40-63-50-66(53-83(84(63)52-64)58-24-6-2-7-25-58)61-43-46-72-81-48-49-82(91(59-26-8-3-9-27-59)94(81)96-88(72)55-61)92-77-36-18-20-38-79(77)93(80-39-21-19-37-78(80)92)85-51-62-28-10-11-29-67(62)68-30-12-13-31-69(68)85/h1-56H. The Morgan fingerprint density at radius 3 is 1.12 bits per heavy atom. The van der Waals surface area contributed by atoms with E-state index in [4.69, 9.17) is 8.83 Å². The third-order valence-electron chi connectivity index (χ3n) is 20.4. The molecule has 2 heteroatoms. The molecule has 0 aliphatic heterocycles. The quantitative estimate of drug-likeness (QED) is 0.112. The summed E-state index contributed by atoms with van der Waals surface area (Å²) in [6.45, 7) is 0. The van der Waals surface area contributed by atoms with Crippen LogP contribution >= 0.6 is 0 Å². The first-order valence-corrected chi connectivity index (χ1v) is 33.1. The summed E-state index contributed by atoms with van der Waals surface area (Å²) in [5, 5.41) is 21.4. The van der Waals surface area contributed by atoms with Crippen LogP contribution in [0.4, 0.5) is 0 Å². The summed E-state index contributed by atoms with van der Waals surface area (Å²) in [4.78, 5) is 0. The monoisotopic (exact) mass is 1220 g/mol. The Morgan fingerprint density at radius 1 is 0.146 bits per heavy atom. The van der Waals surface area contributed by atoms with Crippen LogP contribution in [-0.2, 0) is 0 Å². The van der Waals surface area contributed by atoms with E-state index in [1.54, 1.807) is 0 Å². The van der Waals surface area contributed by atoms with Gasteiger partial charge in [-0.1, -0.05) is 273 Å². The van der Waals surface area contributed by atoms with Gasteiger partial charge in [0.2, 0.25) is 0 Å². The molecule has 0 spiro atoms. The van der Waals surface area contributed by atoms with Crippen LogP contribution in [-0.4, -0.2) is 0 Å². The fraction of sp³-hybridized carbons (Fsp3) is 0. The third kappa shape index (κ3) is 8.39. The summed E-state index contributed by atoms with van der Waals surface area (Å²) < 4.78 is 14.1. The lowest BCUT2D eigenvalue weighted by Gasteiger charge is -2.21. The first kappa shape index (κ1) is 54.0. The fourth-order valence-electron chi connectivity index (χ4n) is 16.1. The maximum atomic E-state index is 7.39. The zero-order valence-electron chi connectivity index (χ0n) is 52.1. The van der Waals surface area contributed by atoms with Gasteiger partial charge in [-0.3, -0.25) is 0 Å². The van der Waals surface area contributed by atoms with Gasteiger partial charge in [-0.25, -0.2) is 0 Å². The molecule has 2 heterocycles. The third-order valence-corrected chi connectivity index (χ3v) is 20.4. The summed E-state index contributed by atoms with van der Waals surface area (Å²) >= 11 is 0. The van der Waals surface area contributed by atoms with Gasteiger partial charge in [0, 0.05) is 27.1 Å². The van der Waals surface area contributed by atoms with E-state index in [0.717, 1.165) is 93.8 Å². The number of hydrogen-bond acceptors (Lipinski definition) is 2. The van der Waals surface area contributed by atoms with Crippen molar-refractivity contribution in [3.8, 4) is 89.0 Å². The lowest BCUT2D eigenvalue weighted by atomic mass is 9.82. The predicted octanol–water partition coefficient (Wildman–Crippen LogP) is 26.9. The van der Waals surface area contributed by atoms with Gasteiger partial charge < -0.3 is 8.83 Å². The van der Waals surface area contributed by atoms with E-state index >= 15 is 0 Å². The topological polar surface area (TPSA) is 26.3 Å². The molecule has 96 heavy (non-hydrogen) atoms. The molecule has 0 unspecified atom stereocenters. The van der Waals surface area contributed by atoms with Crippen molar-refractivity contribution in [2.45, 2.75) is 0 Å². The average Bonchev–Trinajstić information content (AvgIpc) is 1.02. The van der Waals surface area contributed by atoms with E-state index in [0.29, 0.717) is 0 Å². The SMILES string of the molecule is c1ccc(-c2ccc3c(c2)oc2cc(-c4c5ccccc5c(-c5ccc6cc(-c7ccc8c(c7)oc7c(-c9ccccc9)c(-c9c%10ccccc%10c(-c%10cc%11ccccc%11c%11ccccc%10%11)c%10ccccc9%10)ccc78)cc(-c7ccccc7)c6c5)c5ccccc45)ccc23)cc1. The molecule has 18 aromatic carbocycles. The molecule has 0 bridgehead atoms. The second-order valence-corrected chi connectivity index (χ2v) is 25.6. The summed E-state index contributed by atoms with van der Waals surface area (Å²) in [5.41, 5.74) is 22.0. The van der Waals surface area contributed by atoms with Crippen LogP contribution in [0.3, 0.4) is 0 Å². The van der Waals surface area contributed by atoms with E-state index in [1.165, 1.54) is 115 Å². The molecule has 0 N–H and O–H groups in total. The maximum Gasteiger partial charge on any atom is 0.143 e. The molecule has 2 nitrogen and oxygen atoms in total. The van der Waals surface area contributed by atoms with Crippen LogP contribution in [0.5, 0.6) is 0 Å². The van der Waals surface area contributed by atoms with Crippen molar-refractivity contribution in [1.29, 1.82) is 0 Å². The molecule has 444 valence electrons. The van der Waals surface area contributed by atoms with Gasteiger partial charge in [0.15, 0.2) is 0 Å². The highest BCUT2D eigenvalue weighted by molar-refractivity contribution is 6.28. The smallest absolute Gasteiger partial charge is 0.143 e. The van der Waals surface area contributed by atoms with Crippen molar-refractivity contribution in [2.75, 3.05) is 0 Å². The van der Waals surface area contributed by atoms with Gasteiger partial charge in [0.1, 0.15) is 22.3 Å². The highest BCUT2D eigenvalue weighted by Gasteiger charge is 2.26. The summed E-state index contributed by atoms with van der Waals surface area (Å²) in [5.74, 6) is 0. The second kappa shape index (κ2) is 21.5. The summed E-state index contributed by atoms with van der Waals surface area (Å²) in [7, 11) is 0. The lowest BCUT2D eigenvalue weighted by Crippen LogP contribution is -1.94. The van der Waals surface area contributed by atoms with Gasteiger partial charge in [0.25, 0.3) is 0 Å². The van der Waals surface area contributed by atoms with E-state index in [1.807, 2.05) is 0 Å². The fourth-order valence-corrected chi connectivity index (χ4v) is 16.1. The Morgan fingerprint density at radius 2 is 0.542 bits per heavy atom. The molecule has 20 rings (SSSR count). The van der Waals surface area contributed by atoms with Crippen molar-refractivity contribution >= 4 is 119 Å². The molecule has 0 aliphatic carbocycles. The predicted molar refractivity (Wildman–Crippen MR) is 407 cm³/mol. The second-order valence-electron chi connectivity index (χ2n) is 25.6. The van der Waals surface area contributed by atoms with Gasteiger partial charge in [0.05, 0.1) is 0 Å². The largest absolute Gasteiger partial charge is 0.456 e. The van der Waals surface area contributed by atoms with Crippen molar-refractivity contribution in [3.63, 3.8) is 0 Å². The summed E-state index contributed by atoms with van der Waals surface area (Å²) in [6, 6.07) is 125. The molecule has 0 atom stereocenters. The van der Waals surface area contributed by atoms with Crippen molar-refractivity contribution in [1.82, 2.24) is 0 Å². The maximum absolute atomic E-state index is 7.39. The number of benzene rings is 18. The van der Waals surface area contributed by atoms with E-state index in [-0.39, 0.29) is 0 Å². The lowest BCUT2D eigenvalue weighted by molar-refractivity contribution is 0.669. The Hall–Kier alpha value is -12.6. The molecule has 0 saturated heterocycles. The first-order valence-electron chi connectivity index (χ1n) is 33.1. The Labute approximate surface area is 553 Å². The number of hydrogen-bond donors (Lipinski definition) is 0. The van der Waals surface area contributed by atoms with Crippen LogP contribution in [0, 0.1) is 0 Å². The minimum atomic E-state index is 0.846. The summed E-state index contributed by atoms with van der Waals surface area (Å²) in [6.07, 6.45) is 0. The van der Waals surface area contributed by atoms with Gasteiger partial charge >= 0.3 is 0 Å². The van der Waals surface area contributed by atoms with Crippen molar-refractivity contribution < 1.29 is 8.83 Å². The highest BCUT2D eigenvalue weighted by atomic mass is 16.3. The van der Waals surface area contributed by atoms with Crippen LogP contribution in [0.25, 0.3) is 208 Å². The van der Waals surface area contributed by atoms with Crippen LogP contribution in [0.1, 0.15) is 0 Å². The number of furan rings is 2. The van der Waals surface area contributed by atoms with Crippen LogP contribution in [0.2, 0.25) is 0 Å². The molecule has 0 saturated carbocycles. The molecule has 0 aliphatic rings. The average molecular weight is 1220 g/mol. The first-order chi connectivity index (χ1) is 47.6. The minimum Gasteiger partial charge on any atom is -0.456 e. The van der Waals surface area contributed by atoms with Gasteiger partial charge in [-0.2, -0.15) is 0 Å². The minimum absolute atomic E-state index is 0.846. The van der Waals surface area contributed by atoms with Gasteiger partial charge in [-0.15, -0.1) is 0 Å². The zero-order chi connectivity index (χ0) is 63.0.